The highest BCUT2D eigenvalue weighted by Gasteiger charge is 2.60. The van der Waals surface area contributed by atoms with Crippen LogP contribution in [0.3, 0.4) is 0 Å². The van der Waals surface area contributed by atoms with Crippen LogP contribution in [0.5, 0.6) is 0 Å². The van der Waals surface area contributed by atoms with Gasteiger partial charge in [-0.1, -0.05) is 27.7 Å². The van der Waals surface area contributed by atoms with Gasteiger partial charge >= 0.3 is 0 Å². The van der Waals surface area contributed by atoms with E-state index in [-0.39, 0.29) is 5.41 Å². The van der Waals surface area contributed by atoms with Crippen molar-refractivity contribution in [2.24, 2.45) is 40.4 Å². The molecule has 4 aliphatic carbocycles. The Hall–Kier alpha value is -0.660. The van der Waals surface area contributed by atoms with Crippen molar-refractivity contribution in [3.63, 3.8) is 0 Å². The van der Waals surface area contributed by atoms with Crippen LogP contribution >= 0.6 is 0 Å². The van der Waals surface area contributed by atoms with Crippen molar-refractivity contribution in [1.29, 1.82) is 0 Å². The number of Topliss-reactive ketones (excluding diaryl/α,β-unsaturated/α-hetero) is 2. The second-order valence-electron chi connectivity index (χ2n) is 9.68. The van der Waals surface area contributed by atoms with Gasteiger partial charge in [0.15, 0.2) is 0 Å². The molecular formula is C23H38O2. The molecule has 0 spiro atoms. The van der Waals surface area contributed by atoms with E-state index < -0.39 is 0 Å². The summed E-state index contributed by atoms with van der Waals surface area (Å²) in [6, 6.07) is 0. The lowest BCUT2D eigenvalue weighted by Gasteiger charge is -2.60. The van der Waals surface area contributed by atoms with E-state index in [2.05, 4.69) is 13.8 Å². The summed E-state index contributed by atoms with van der Waals surface area (Å²) in [5.41, 5.74) is 0.660. The molecule has 0 N–H and O–H groups in total. The number of rotatable bonds is 1. The molecule has 7 unspecified atom stereocenters. The van der Waals surface area contributed by atoms with Crippen molar-refractivity contribution >= 4 is 11.6 Å². The summed E-state index contributed by atoms with van der Waals surface area (Å²) in [5.74, 6) is 4.25. The van der Waals surface area contributed by atoms with Gasteiger partial charge in [-0.15, -0.1) is 0 Å². The Morgan fingerprint density at radius 1 is 0.920 bits per heavy atom. The molecular weight excluding hydrogens is 308 g/mol. The SMILES string of the molecule is CC.CC(=O)C1CCC2C3CCC4CC(=O)CCC4(C)C3CCC12C. The minimum Gasteiger partial charge on any atom is -0.300 e. The summed E-state index contributed by atoms with van der Waals surface area (Å²) in [6.45, 7) is 10.7. The molecule has 4 saturated carbocycles. The molecule has 7 atom stereocenters. The molecule has 0 saturated heterocycles. The minimum atomic E-state index is 0.265. The summed E-state index contributed by atoms with van der Waals surface area (Å²) in [6.07, 6.45) is 10.3. The van der Waals surface area contributed by atoms with Crippen molar-refractivity contribution in [1.82, 2.24) is 0 Å². The monoisotopic (exact) mass is 346 g/mol. The van der Waals surface area contributed by atoms with E-state index >= 15 is 0 Å². The van der Waals surface area contributed by atoms with Crippen molar-refractivity contribution in [2.75, 3.05) is 0 Å². The van der Waals surface area contributed by atoms with Crippen LogP contribution in [0.4, 0.5) is 0 Å². The summed E-state index contributed by atoms with van der Waals surface area (Å²) in [7, 11) is 0. The van der Waals surface area contributed by atoms with Crippen molar-refractivity contribution in [3.8, 4) is 0 Å². The first-order valence-electron chi connectivity index (χ1n) is 10.9. The maximum Gasteiger partial charge on any atom is 0.133 e. The van der Waals surface area contributed by atoms with Gasteiger partial charge in [-0.05, 0) is 86.4 Å². The second-order valence-corrected chi connectivity index (χ2v) is 9.68. The van der Waals surface area contributed by atoms with E-state index in [0.29, 0.717) is 28.8 Å². The Labute approximate surface area is 154 Å². The molecule has 2 heteroatoms. The second kappa shape index (κ2) is 6.82. The van der Waals surface area contributed by atoms with Crippen LogP contribution in [-0.2, 0) is 9.59 Å². The number of ketones is 2. The maximum absolute atomic E-state index is 12.2. The predicted molar refractivity (Wildman–Crippen MR) is 102 cm³/mol. The van der Waals surface area contributed by atoms with Crippen LogP contribution in [0.1, 0.15) is 92.4 Å². The zero-order valence-corrected chi connectivity index (χ0v) is 17.1. The van der Waals surface area contributed by atoms with Gasteiger partial charge in [0.25, 0.3) is 0 Å². The average Bonchev–Trinajstić information content (AvgIpc) is 2.95. The van der Waals surface area contributed by atoms with Gasteiger partial charge in [0.1, 0.15) is 11.6 Å². The molecule has 142 valence electrons. The number of fused-ring (bicyclic) bond motifs is 5. The van der Waals surface area contributed by atoms with Crippen LogP contribution in [-0.4, -0.2) is 11.6 Å². The quantitative estimate of drug-likeness (QED) is 0.598. The molecule has 2 nitrogen and oxygen atoms in total. The molecule has 0 aromatic carbocycles. The number of carbonyl (C=O) groups is 2. The summed E-state index contributed by atoms with van der Waals surface area (Å²) >= 11 is 0. The number of carbonyl (C=O) groups excluding carboxylic acids is 2. The smallest absolute Gasteiger partial charge is 0.133 e. The molecule has 4 aliphatic rings. The first kappa shape index (κ1) is 19.1. The van der Waals surface area contributed by atoms with E-state index in [4.69, 9.17) is 0 Å². The van der Waals surface area contributed by atoms with Crippen LogP contribution in [0, 0.1) is 40.4 Å². The zero-order valence-electron chi connectivity index (χ0n) is 17.1. The van der Waals surface area contributed by atoms with Gasteiger partial charge in [0, 0.05) is 18.8 Å². The number of hydrogen-bond acceptors (Lipinski definition) is 2. The Balaban J connectivity index is 0.000000880. The van der Waals surface area contributed by atoms with Crippen LogP contribution in [0.25, 0.3) is 0 Å². The first-order valence-corrected chi connectivity index (χ1v) is 10.9. The largest absolute Gasteiger partial charge is 0.300 e. The van der Waals surface area contributed by atoms with E-state index in [1.165, 1.54) is 32.1 Å². The Bertz CT molecular complexity index is 538. The fourth-order valence-corrected chi connectivity index (χ4v) is 7.71. The standard InChI is InChI=1S/C21H32O2.C2H6/c1-13(22)17-6-7-18-16-5-4-14-12-15(23)8-10-20(14,2)19(16)9-11-21(17,18)3;1-2/h14,16-19H,4-12H2,1-3H3;1-2H3. The fraction of sp³-hybridized carbons (Fsp3) is 0.913. The molecule has 0 amide bonds. The third-order valence-electron chi connectivity index (χ3n) is 8.97. The molecule has 0 heterocycles. The highest BCUT2D eigenvalue weighted by Crippen LogP contribution is 2.67. The van der Waals surface area contributed by atoms with Crippen LogP contribution in [0.2, 0.25) is 0 Å². The van der Waals surface area contributed by atoms with Crippen molar-refractivity contribution in [2.45, 2.75) is 92.4 Å². The molecule has 0 aliphatic heterocycles. The van der Waals surface area contributed by atoms with Crippen molar-refractivity contribution < 1.29 is 9.59 Å². The maximum atomic E-state index is 12.2. The van der Waals surface area contributed by atoms with E-state index in [9.17, 15) is 9.59 Å². The van der Waals surface area contributed by atoms with Gasteiger partial charge < -0.3 is 0 Å². The third kappa shape index (κ3) is 2.82. The van der Waals surface area contributed by atoms with E-state index in [1.54, 1.807) is 0 Å². The molecule has 25 heavy (non-hydrogen) atoms. The van der Waals surface area contributed by atoms with Gasteiger partial charge in [0.05, 0.1) is 0 Å². The molecule has 0 radical (unpaired) electrons. The Morgan fingerprint density at radius 2 is 1.60 bits per heavy atom. The highest BCUT2D eigenvalue weighted by molar-refractivity contribution is 5.80. The van der Waals surface area contributed by atoms with Crippen LogP contribution in [0.15, 0.2) is 0 Å². The molecule has 0 bridgehead atoms. The van der Waals surface area contributed by atoms with Gasteiger partial charge in [-0.25, -0.2) is 0 Å². The molecule has 4 rings (SSSR count). The summed E-state index contributed by atoms with van der Waals surface area (Å²) in [4.78, 5) is 24.1. The Kier molecular flexibility index (Phi) is 5.21. The van der Waals surface area contributed by atoms with Crippen molar-refractivity contribution in [3.05, 3.63) is 0 Å². The van der Waals surface area contributed by atoms with Gasteiger partial charge in [0.2, 0.25) is 0 Å². The normalized spacial score (nSPS) is 48.5. The van der Waals surface area contributed by atoms with E-state index in [0.717, 1.165) is 43.4 Å². The van der Waals surface area contributed by atoms with Gasteiger partial charge in [-0.2, -0.15) is 0 Å². The van der Waals surface area contributed by atoms with Crippen LogP contribution < -0.4 is 0 Å². The number of hydrogen-bond donors (Lipinski definition) is 0. The first-order chi connectivity index (χ1) is 11.9. The lowest BCUT2D eigenvalue weighted by Crippen LogP contribution is -2.53. The molecule has 0 aromatic rings. The average molecular weight is 347 g/mol. The fourth-order valence-electron chi connectivity index (χ4n) is 7.71. The lowest BCUT2D eigenvalue weighted by molar-refractivity contribution is -0.143. The predicted octanol–water partition coefficient (Wildman–Crippen LogP) is 5.83. The summed E-state index contributed by atoms with van der Waals surface area (Å²) < 4.78 is 0. The van der Waals surface area contributed by atoms with E-state index in [1.807, 2.05) is 20.8 Å². The highest BCUT2D eigenvalue weighted by atomic mass is 16.1. The third-order valence-corrected chi connectivity index (χ3v) is 8.97. The molecule has 4 fully saturated rings. The minimum absolute atomic E-state index is 0.265. The summed E-state index contributed by atoms with van der Waals surface area (Å²) in [5, 5.41) is 0. The Morgan fingerprint density at radius 3 is 2.28 bits per heavy atom. The zero-order chi connectivity index (χ0) is 18.4. The topological polar surface area (TPSA) is 34.1 Å². The molecule has 0 aromatic heterocycles. The lowest BCUT2D eigenvalue weighted by atomic mass is 9.44. The van der Waals surface area contributed by atoms with Gasteiger partial charge in [-0.3, -0.25) is 9.59 Å².